The minimum Gasteiger partial charge on any atom is -0.497 e. The van der Waals surface area contributed by atoms with Crippen LogP contribution in [0.5, 0.6) is 5.75 Å². The van der Waals surface area contributed by atoms with Crippen molar-refractivity contribution in [2.24, 2.45) is 0 Å². The molecule has 1 aliphatic heterocycles. The van der Waals surface area contributed by atoms with Crippen molar-refractivity contribution in [3.05, 3.63) is 29.8 Å². The van der Waals surface area contributed by atoms with Crippen molar-refractivity contribution in [2.75, 3.05) is 38.7 Å². The van der Waals surface area contributed by atoms with E-state index in [-0.39, 0.29) is 12.5 Å². The number of likely N-dealkylation sites (tertiary alicyclic amines) is 1. The molecule has 1 saturated heterocycles. The molecule has 1 amide bonds. The number of hydrogen-bond donors (Lipinski definition) is 1. The summed E-state index contributed by atoms with van der Waals surface area (Å²) in [6.45, 7) is 10.4. The second-order valence-electron chi connectivity index (χ2n) is 6.38. The number of rotatable bonds is 7. The van der Waals surface area contributed by atoms with E-state index in [1.807, 2.05) is 6.92 Å². The lowest BCUT2D eigenvalue weighted by molar-refractivity contribution is -0.880. The number of anilines is 1. The fourth-order valence-electron chi connectivity index (χ4n) is 3.28. The highest BCUT2D eigenvalue weighted by Gasteiger charge is 2.26. The number of esters is 1. The van der Waals surface area contributed by atoms with Gasteiger partial charge < -0.3 is 19.3 Å². The van der Waals surface area contributed by atoms with Gasteiger partial charge >= 0.3 is 5.97 Å². The van der Waals surface area contributed by atoms with Crippen LogP contribution in [0.15, 0.2) is 12.1 Å². The van der Waals surface area contributed by atoms with Crippen molar-refractivity contribution in [2.45, 2.75) is 33.6 Å². The van der Waals surface area contributed by atoms with Crippen LogP contribution in [0, 0.1) is 13.5 Å². The molecule has 1 atom stereocenters. The lowest BCUT2D eigenvalue weighted by Crippen LogP contribution is -2.47. The first-order valence-electron chi connectivity index (χ1n) is 8.80. The predicted molar refractivity (Wildman–Crippen MR) is 96.4 cm³/mol. The van der Waals surface area contributed by atoms with E-state index in [4.69, 9.17) is 9.47 Å². The maximum absolute atomic E-state index is 12.6. The minimum atomic E-state index is -0.466. The Bertz CT molecular complexity index is 637. The molecule has 0 aromatic heterocycles. The van der Waals surface area contributed by atoms with Gasteiger partial charge in [-0.2, -0.15) is 0 Å². The summed E-state index contributed by atoms with van der Waals surface area (Å²) in [5.41, 5.74) is 1.59. The summed E-state index contributed by atoms with van der Waals surface area (Å²) in [6.07, 6.45) is 2.15. The molecule has 0 radical (unpaired) electrons. The number of amides is 1. The Morgan fingerprint density at radius 3 is 2.64 bits per heavy atom. The van der Waals surface area contributed by atoms with E-state index < -0.39 is 5.97 Å². The normalized spacial score (nSPS) is 19.5. The topological polar surface area (TPSA) is 64.6 Å². The van der Waals surface area contributed by atoms with E-state index in [1.54, 1.807) is 26.2 Å². The molecule has 0 aliphatic carbocycles. The Morgan fingerprint density at radius 1 is 1.32 bits per heavy atom. The molecule has 0 bridgehead atoms. The molecule has 1 aliphatic rings. The highest BCUT2D eigenvalue weighted by atomic mass is 16.5. The third kappa shape index (κ3) is 4.51. The lowest BCUT2D eigenvalue weighted by Gasteiger charge is -2.41. The number of likely N-dealkylation sites (N-methyl/N-ethyl adjacent to an activating group) is 1. The average Bonchev–Trinajstić information content (AvgIpc) is 3.05. The van der Waals surface area contributed by atoms with E-state index in [9.17, 15) is 9.59 Å². The van der Waals surface area contributed by atoms with Crippen LogP contribution in [0.25, 0.3) is 0 Å². The first-order chi connectivity index (χ1) is 11.9. The van der Waals surface area contributed by atoms with Crippen LogP contribution in [0.4, 0.5) is 5.69 Å². The van der Waals surface area contributed by atoms with Gasteiger partial charge in [-0.1, -0.05) is 0 Å². The average molecular weight is 348 g/mol. The van der Waals surface area contributed by atoms with Gasteiger partial charge in [0.15, 0.2) is 0 Å². The van der Waals surface area contributed by atoms with Gasteiger partial charge in [0.25, 0.3) is 5.91 Å². The summed E-state index contributed by atoms with van der Waals surface area (Å²) in [5, 5.41) is 2.92. The number of carbonyl (C=O) groups excluding carboxylic acids is 2. The Balaban J connectivity index is 2.25. The molecule has 6 nitrogen and oxygen atoms in total. The van der Waals surface area contributed by atoms with Crippen LogP contribution in [-0.4, -0.2) is 49.7 Å². The largest absolute Gasteiger partial charge is 0.497 e. The molecular weight excluding hydrogens is 320 g/mol. The van der Waals surface area contributed by atoms with Crippen LogP contribution in [0.2, 0.25) is 0 Å². The van der Waals surface area contributed by atoms with E-state index in [1.165, 1.54) is 0 Å². The summed E-state index contributed by atoms with van der Waals surface area (Å²) in [7, 11) is 1.54. The highest BCUT2D eigenvalue weighted by Crippen LogP contribution is 2.29. The molecule has 6 heteroatoms. The van der Waals surface area contributed by atoms with E-state index in [2.05, 4.69) is 18.8 Å². The zero-order valence-corrected chi connectivity index (χ0v) is 15.6. The van der Waals surface area contributed by atoms with Crippen LogP contribution in [0.3, 0.4) is 0 Å². The van der Waals surface area contributed by atoms with E-state index in [0.29, 0.717) is 28.0 Å². The van der Waals surface area contributed by atoms with Gasteiger partial charge in [0.2, 0.25) is 0 Å². The van der Waals surface area contributed by atoms with Crippen LogP contribution < -0.4 is 10.1 Å². The Labute approximate surface area is 149 Å². The quantitative estimate of drug-likeness (QED) is 0.467. The number of benzene rings is 1. The Morgan fingerprint density at radius 2 is 2.08 bits per heavy atom. The molecule has 138 valence electrons. The summed E-state index contributed by atoms with van der Waals surface area (Å²) in [6, 6.07) is 3.40. The molecule has 1 unspecified atom stereocenters. The number of nitrogens with zero attached hydrogens (tertiary/aromatic N) is 1. The first kappa shape index (κ1) is 19.2. The smallest absolute Gasteiger partial charge is 0.340 e. The monoisotopic (exact) mass is 348 g/mol. The van der Waals surface area contributed by atoms with Crippen molar-refractivity contribution in [3.63, 3.8) is 0 Å². The van der Waals surface area contributed by atoms with Crippen molar-refractivity contribution >= 4 is 17.6 Å². The zero-order valence-electron chi connectivity index (χ0n) is 15.6. The lowest BCUT2D eigenvalue weighted by atomic mass is 10.1. The number of nitrogens with one attached hydrogen (secondary N) is 1. The fourth-order valence-corrected chi connectivity index (χ4v) is 3.28. The molecule has 1 fully saturated rings. The third-order valence-corrected chi connectivity index (χ3v) is 4.72. The van der Waals surface area contributed by atoms with Gasteiger partial charge in [-0.05, 0) is 44.9 Å². The maximum Gasteiger partial charge on any atom is 0.340 e. The van der Waals surface area contributed by atoms with E-state index >= 15 is 0 Å². The van der Waals surface area contributed by atoms with Gasteiger partial charge in [0.1, 0.15) is 12.3 Å². The van der Waals surface area contributed by atoms with Gasteiger partial charge in [0, 0.05) is 0 Å². The second-order valence-corrected chi connectivity index (χ2v) is 6.38. The predicted octanol–water partition coefficient (Wildman–Crippen LogP) is 2.91. The van der Waals surface area contributed by atoms with Crippen LogP contribution >= 0.6 is 0 Å². The van der Waals surface area contributed by atoms with Gasteiger partial charge in [-0.3, -0.25) is 4.79 Å². The summed E-state index contributed by atoms with van der Waals surface area (Å²) in [4.78, 5) is 24.9. The first-order valence-corrected chi connectivity index (χ1v) is 8.80. The van der Waals surface area contributed by atoms with Crippen molar-refractivity contribution in [3.8, 4) is 5.75 Å². The van der Waals surface area contributed by atoms with Crippen LogP contribution in [-0.2, 0) is 9.53 Å². The molecule has 1 N–H and O–H groups in total. The second kappa shape index (κ2) is 8.34. The van der Waals surface area contributed by atoms with Crippen molar-refractivity contribution in [1.29, 1.82) is 0 Å². The highest BCUT2D eigenvalue weighted by molar-refractivity contribution is 6.03. The zero-order chi connectivity index (χ0) is 18.4. The van der Waals surface area contributed by atoms with Gasteiger partial charge in [0.05, 0.1) is 38.1 Å². The third-order valence-electron chi connectivity index (χ3n) is 4.72. The molecule has 1 heterocycles. The summed E-state index contributed by atoms with van der Waals surface area (Å²) < 4.78 is 11.0. The molecular formula is C19H28N2O4. The molecule has 1 aromatic rings. The molecule has 0 saturated carbocycles. The molecule has 25 heavy (non-hydrogen) atoms. The number of carbonyl (C=O) groups is 2. The Kier molecular flexibility index (Phi) is 6.42. The number of quaternary nitrogens is 1. The summed E-state index contributed by atoms with van der Waals surface area (Å²) >= 11 is 0. The molecule has 1 aromatic carbocycles. The van der Waals surface area contributed by atoms with Crippen molar-refractivity contribution < 1.29 is 23.5 Å². The van der Waals surface area contributed by atoms with Crippen LogP contribution in [0.1, 0.15) is 42.6 Å². The SMILES string of the molecule is CCOC(=O)c1cc(OC)cc(C)c1NC(=O)C[N+]1(CC)[CH-]CCC1. The number of ether oxygens (including phenoxy) is 2. The molecule has 2 rings (SSSR count). The fraction of sp³-hybridized carbons (Fsp3) is 0.526. The number of aryl methyl sites for hydroxylation is 1. The Hall–Kier alpha value is -2.08. The molecule has 0 spiro atoms. The number of hydrogen-bond acceptors (Lipinski definition) is 4. The minimum absolute atomic E-state index is 0.0983. The van der Waals surface area contributed by atoms with Gasteiger partial charge in [-0.25, -0.2) is 4.79 Å². The summed E-state index contributed by atoms with van der Waals surface area (Å²) in [5.74, 6) is -0.00535. The maximum atomic E-state index is 12.6. The number of methoxy groups -OCH3 is 1. The van der Waals surface area contributed by atoms with E-state index in [0.717, 1.165) is 31.5 Å². The van der Waals surface area contributed by atoms with Crippen molar-refractivity contribution in [1.82, 2.24) is 0 Å². The standard InChI is InChI=1S/C19H28N2O4/c1-5-21(9-7-8-10-21)13-17(22)20-18-14(3)11-15(24-4)12-16(18)19(23)25-6-2/h9,11-12H,5-8,10,13H2,1-4H3,(H,20,22). The van der Waals surface area contributed by atoms with Gasteiger partial charge in [-0.15, -0.1) is 13.0 Å².